The van der Waals surface area contributed by atoms with Crippen molar-refractivity contribution < 1.29 is 13.7 Å². The van der Waals surface area contributed by atoms with E-state index in [1.54, 1.807) is 0 Å². The molecule has 0 bridgehead atoms. The zero-order valence-corrected chi connectivity index (χ0v) is 14.5. The maximum atomic E-state index is 2.27. The molecule has 0 spiro atoms. The van der Waals surface area contributed by atoms with Gasteiger partial charge in [-0.15, -0.1) is 0 Å². The molecule has 3 heterocycles. The highest BCUT2D eigenvalue weighted by Gasteiger charge is 2.26. The highest BCUT2D eigenvalue weighted by atomic mass is 15.0. The summed E-state index contributed by atoms with van der Waals surface area (Å²) in [5.41, 5.74) is 7.37. The molecular weight excluding hydrogens is 282 g/mol. The highest BCUT2D eigenvalue weighted by molar-refractivity contribution is 5.53. The van der Waals surface area contributed by atoms with Gasteiger partial charge in [0.1, 0.15) is 21.1 Å². The molecule has 0 radical (unpaired) electrons. The van der Waals surface area contributed by atoms with Crippen LogP contribution in [0.3, 0.4) is 0 Å². The molecule has 23 heavy (non-hydrogen) atoms. The lowest BCUT2D eigenvalue weighted by Crippen LogP contribution is -2.42. The van der Waals surface area contributed by atoms with Gasteiger partial charge in [0.25, 0.3) is 22.8 Å². The van der Waals surface area contributed by atoms with E-state index in [0.29, 0.717) is 0 Å². The van der Waals surface area contributed by atoms with Crippen molar-refractivity contribution in [2.75, 3.05) is 0 Å². The lowest BCUT2D eigenvalue weighted by atomic mass is 10.1. The van der Waals surface area contributed by atoms with Gasteiger partial charge in [0.2, 0.25) is 0 Å². The van der Waals surface area contributed by atoms with Gasteiger partial charge in [-0.3, -0.25) is 0 Å². The van der Waals surface area contributed by atoms with E-state index in [2.05, 4.69) is 104 Å². The van der Waals surface area contributed by atoms with Crippen LogP contribution in [0.4, 0.5) is 0 Å². The molecule has 0 aromatic carbocycles. The van der Waals surface area contributed by atoms with Crippen LogP contribution in [0, 0.1) is 13.8 Å². The quantitative estimate of drug-likeness (QED) is 0.643. The minimum atomic E-state index is 1.20. The number of rotatable bonds is 2. The highest BCUT2D eigenvalue weighted by Crippen LogP contribution is 2.17. The summed E-state index contributed by atoms with van der Waals surface area (Å²) in [4.78, 5) is 0. The van der Waals surface area contributed by atoms with Crippen LogP contribution in [-0.4, -0.2) is 0 Å². The summed E-state index contributed by atoms with van der Waals surface area (Å²) < 4.78 is 6.61. The Kier molecular flexibility index (Phi) is 3.95. The summed E-state index contributed by atoms with van der Waals surface area (Å²) in [5.74, 6) is 0. The molecule has 0 amide bonds. The summed E-state index contributed by atoms with van der Waals surface area (Å²) >= 11 is 0. The lowest BCUT2D eigenvalue weighted by Gasteiger charge is -2.04. The van der Waals surface area contributed by atoms with Crippen molar-refractivity contribution in [1.29, 1.82) is 0 Å². The molecule has 116 valence electrons. The molecule has 0 aliphatic rings. The monoisotopic (exact) mass is 306 g/mol. The molecule has 0 unspecified atom stereocenters. The van der Waals surface area contributed by atoms with Gasteiger partial charge >= 0.3 is 0 Å². The second-order valence-electron chi connectivity index (χ2n) is 6.26. The fraction of sp³-hybridized carbons (Fsp3) is 0.250. The fourth-order valence-electron chi connectivity index (χ4n) is 2.96. The molecular formula is C20H24N3+3. The molecule has 0 N–H and O–H groups in total. The van der Waals surface area contributed by atoms with Crippen molar-refractivity contribution >= 4 is 0 Å². The van der Waals surface area contributed by atoms with E-state index in [-0.39, 0.29) is 0 Å². The van der Waals surface area contributed by atoms with Gasteiger partial charge < -0.3 is 0 Å². The van der Waals surface area contributed by atoms with Gasteiger partial charge in [-0.1, -0.05) is 0 Å². The van der Waals surface area contributed by atoms with Crippen molar-refractivity contribution in [2.45, 2.75) is 13.8 Å². The predicted octanol–water partition coefficient (Wildman–Crippen LogP) is 2.11. The molecule has 0 fully saturated rings. The van der Waals surface area contributed by atoms with E-state index in [9.17, 15) is 0 Å². The third kappa shape index (κ3) is 2.87. The summed E-state index contributed by atoms with van der Waals surface area (Å²) in [5, 5.41) is 0. The molecule has 3 rings (SSSR count). The zero-order valence-electron chi connectivity index (χ0n) is 14.5. The largest absolute Gasteiger partial charge is 0.277 e. The second kappa shape index (κ2) is 5.92. The van der Waals surface area contributed by atoms with Gasteiger partial charge in [-0.25, -0.2) is 0 Å². The van der Waals surface area contributed by atoms with Crippen LogP contribution in [0.15, 0.2) is 54.9 Å². The molecule has 0 saturated carbocycles. The number of pyridine rings is 3. The number of aromatic nitrogens is 3. The predicted molar refractivity (Wildman–Crippen MR) is 90.3 cm³/mol. The van der Waals surface area contributed by atoms with E-state index in [4.69, 9.17) is 0 Å². The zero-order chi connectivity index (χ0) is 16.6. The average molecular weight is 306 g/mol. The molecule has 0 saturated heterocycles. The second-order valence-corrected chi connectivity index (χ2v) is 6.26. The maximum Gasteiger partial charge on any atom is 0.277 e. The Bertz CT molecular complexity index is 812. The summed E-state index contributed by atoms with van der Waals surface area (Å²) in [6.45, 7) is 4.27. The fourth-order valence-corrected chi connectivity index (χ4v) is 2.96. The van der Waals surface area contributed by atoms with Gasteiger partial charge in [-0.2, -0.15) is 13.7 Å². The first-order valence-corrected chi connectivity index (χ1v) is 7.90. The first-order chi connectivity index (χ1) is 11.0. The third-order valence-electron chi connectivity index (χ3n) is 4.37. The third-order valence-corrected chi connectivity index (χ3v) is 4.37. The van der Waals surface area contributed by atoms with E-state index < -0.39 is 0 Å². The smallest absolute Gasteiger partial charge is 0.196 e. The minimum Gasteiger partial charge on any atom is -0.196 e. The molecule has 0 aliphatic carbocycles. The first kappa shape index (κ1) is 15.3. The van der Waals surface area contributed by atoms with E-state index in [0.717, 1.165) is 0 Å². The van der Waals surface area contributed by atoms with Gasteiger partial charge in [0.05, 0.1) is 0 Å². The topological polar surface area (TPSA) is 11.6 Å². The molecule has 3 aromatic rings. The standard InChI is InChI=1S/C20H24N3/c1-15-9-11-21(3)19(13-15)17-7-6-8-18(23(17)5)20-14-16(2)10-12-22(20)4/h6-14H,1-5H3/q+3. The SMILES string of the molecule is Cc1cc[n+](C)c(-c2cccc(-c3cc(C)cc[n+]3C)[n+]2C)c1. The first-order valence-electron chi connectivity index (χ1n) is 7.90. The van der Waals surface area contributed by atoms with Crippen molar-refractivity contribution in [3.63, 3.8) is 0 Å². The van der Waals surface area contributed by atoms with E-state index >= 15 is 0 Å². The normalized spacial score (nSPS) is 10.8. The Morgan fingerprint density at radius 2 is 1.04 bits per heavy atom. The Labute approximate surface area is 138 Å². The molecule has 0 atom stereocenters. The van der Waals surface area contributed by atoms with E-state index in [1.165, 1.54) is 33.9 Å². The molecule has 3 heteroatoms. The summed E-state index contributed by atoms with van der Waals surface area (Å²) in [7, 11) is 6.32. The van der Waals surface area contributed by atoms with Crippen LogP contribution in [-0.2, 0) is 21.1 Å². The van der Waals surface area contributed by atoms with Crippen LogP contribution in [0.2, 0.25) is 0 Å². The Morgan fingerprint density at radius 3 is 1.48 bits per heavy atom. The van der Waals surface area contributed by atoms with E-state index in [1.807, 2.05) is 0 Å². The van der Waals surface area contributed by atoms with Gasteiger partial charge in [0, 0.05) is 36.4 Å². The minimum absolute atomic E-state index is 1.20. The Balaban J connectivity index is 2.23. The van der Waals surface area contributed by atoms with Crippen molar-refractivity contribution in [3.8, 4) is 22.8 Å². The molecule has 3 aromatic heterocycles. The Hall–Kier alpha value is -2.55. The van der Waals surface area contributed by atoms with Crippen molar-refractivity contribution in [2.24, 2.45) is 21.1 Å². The summed E-state index contributed by atoms with van der Waals surface area (Å²) in [6.07, 6.45) is 4.23. The van der Waals surface area contributed by atoms with Crippen molar-refractivity contribution in [1.82, 2.24) is 0 Å². The van der Waals surface area contributed by atoms with Crippen LogP contribution >= 0.6 is 0 Å². The van der Waals surface area contributed by atoms with Crippen LogP contribution in [0.25, 0.3) is 22.8 Å². The molecule has 3 nitrogen and oxygen atoms in total. The molecule has 0 aliphatic heterocycles. The van der Waals surface area contributed by atoms with Crippen LogP contribution in [0.5, 0.6) is 0 Å². The van der Waals surface area contributed by atoms with Crippen LogP contribution < -0.4 is 13.7 Å². The number of nitrogens with zero attached hydrogens (tertiary/aromatic N) is 3. The number of hydrogen-bond donors (Lipinski definition) is 0. The average Bonchev–Trinajstić information content (AvgIpc) is 2.53. The maximum absolute atomic E-state index is 2.27. The van der Waals surface area contributed by atoms with Gasteiger partial charge in [0.15, 0.2) is 12.4 Å². The number of aryl methyl sites for hydroxylation is 4. The Morgan fingerprint density at radius 1 is 0.609 bits per heavy atom. The van der Waals surface area contributed by atoms with Gasteiger partial charge in [-0.05, 0) is 31.0 Å². The lowest BCUT2D eigenvalue weighted by molar-refractivity contribution is -0.697. The van der Waals surface area contributed by atoms with Crippen LogP contribution in [0.1, 0.15) is 11.1 Å². The van der Waals surface area contributed by atoms with Crippen molar-refractivity contribution in [3.05, 3.63) is 66.0 Å². The number of hydrogen-bond acceptors (Lipinski definition) is 0. The summed E-state index contributed by atoms with van der Waals surface area (Å²) in [6, 6.07) is 15.2.